The van der Waals surface area contributed by atoms with Gasteiger partial charge in [0.2, 0.25) is 0 Å². The maximum absolute atomic E-state index is 10.3. The first kappa shape index (κ1) is 9.21. The van der Waals surface area contributed by atoms with Crippen LogP contribution in [0.1, 0.15) is 27.2 Å². The van der Waals surface area contributed by atoms with Crippen molar-refractivity contribution < 1.29 is 9.90 Å². The highest BCUT2D eigenvalue weighted by Crippen LogP contribution is 2.09. The first-order valence-corrected chi connectivity index (χ1v) is 3.42. The van der Waals surface area contributed by atoms with Gasteiger partial charge in [0.05, 0.1) is 5.92 Å². The van der Waals surface area contributed by atoms with E-state index in [-0.39, 0.29) is 5.92 Å². The molecule has 1 atom stereocenters. The van der Waals surface area contributed by atoms with Crippen LogP contribution in [0.3, 0.4) is 0 Å². The van der Waals surface area contributed by atoms with Gasteiger partial charge in [-0.1, -0.05) is 18.6 Å². The fourth-order valence-electron chi connectivity index (χ4n) is 0.688. The van der Waals surface area contributed by atoms with Crippen LogP contribution in [0.4, 0.5) is 0 Å². The predicted octanol–water partition coefficient (Wildman–Crippen LogP) is 2.06. The Balaban J connectivity index is 3.80. The summed E-state index contributed by atoms with van der Waals surface area (Å²) in [5, 5.41) is 8.50. The van der Waals surface area contributed by atoms with Crippen molar-refractivity contribution in [2.75, 3.05) is 0 Å². The summed E-state index contributed by atoms with van der Waals surface area (Å²) in [5.74, 6) is -0.975. The number of rotatable bonds is 3. The number of carboxylic acid groups (broad SMARTS) is 1. The van der Waals surface area contributed by atoms with Gasteiger partial charge in [0.25, 0.3) is 0 Å². The lowest BCUT2D eigenvalue weighted by atomic mass is 10.0. The molecule has 2 heteroatoms. The van der Waals surface area contributed by atoms with Gasteiger partial charge in [-0.05, 0) is 20.3 Å². The Morgan fingerprint density at radius 1 is 1.70 bits per heavy atom. The molecule has 1 N–H and O–H groups in total. The maximum Gasteiger partial charge on any atom is 0.306 e. The van der Waals surface area contributed by atoms with Crippen molar-refractivity contribution >= 4 is 5.97 Å². The number of carboxylic acids is 1. The lowest BCUT2D eigenvalue weighted by Crippen LogP contribution is -2.09. The first-order chi connectivity index (χ1) is 4.57. The molecule has 0 aliphatic heterocycles. The van der Waals surface area contributed by atoms with Crippen LogP contribution >= 0.6 is 0 Å². The highest BCUT2D eigenvalue weighted by molar-refractivity contribution is 5.69. The molecule has 0 radical (unpaired) electrons. The SMILES string of the molecule is CC=C(C)C[C@H](C)C(=O)O. The summed E-state index contributed by atoms with van der Waals surface area (Å²) in [6.07, 6.45) is 2.60. The Hall–Kier alpha value is -0.790. The van der Waals surface area contributed by atoms with E-state index in [0.29, 0.717) is 6.42 Å². The average Bonchev–Trinajstić information content (AvgIpc) is 1.87. The molecule has 0 saturated carbocycles. The van der Waals surface area contributed by atoms with Crippen molar-refractivity contribution in [2.24, 2.45) is 5.92 Å². The number of hydrogen-bond donors (Lipinski definition) is 1. The smallest absolute Gasteiger partial charge is 0.306 e. The van der Waals surface area contributed by atoms with Crippen LogP contribution in [0.2, 0.25) is 0 Å². The molecule has 10 heavy (non-hydrogen) atoms. The summed E-state index contributed by atoms with van der Waals surface area (Å²) in [4.78, 5) is 10.3. The minimum Gasteiger partial charge on any atom is -0.481 e. The van der Waals surface area contributed by atoms with E-state index in [9.17, 15) is 4.79 Å². The highest BCUT2D eigenvalue weighted by atomic mass is 16.4. The summed E-state index contributed by atoms with van der Waals surface area (Å²) < 4.78 is 0. The number of allylic oxidation sites excluding steroid dienone is 2. The van der Waals surface area contributed by atoms with Gasteiger partial charge in [-0.3, -0.25) is 4.79 Å². The van der Waals surface area contributed by atoms with E-state index in [1.807, 2.05) is 19.9 Å². The molecule has 0 aromatic carbocycles. The predicted molar refractivity (Wildman–Crippen MR) is 40.8 cm³/mol. The molecule has 0 spiro atoms. The second kappa shape index (κ2) is 4.09. The molecule has 0 bridgehead atoms. The molecule has 0 aliphatic rings. The third kappa shape index (κ3) is 3.28. The van der Waals surface area contributed by atoms with E-state index in [1.165, 1.54) is 0 Å². The van der Waals surface area contributed by atoms with Crippen molar-refractivity contribution in [3.05, 3.63) is 11.6 Å². The topological polar surface area (TPSA) is 37.3 Å². The van der Waals surface area contributed by atoms with Crippen molar-refractivity contribution in [3.8, 4) is 0 Å². The molecule has 0 unspecified atom stereocenters. The van der Waals surface area contributed by atoms with Crippen LogP contribution in [0.15, 0.2) is 11.6 Å². The van der Waals surface area contributed by atoms with Gasteiger partial charge in [0.1, 0.15) is 0 Å². The highest BCUT2D eigenvalue weighted by Gasteiger charge is 2.09. The normalized spacial score (nSPS) is 14.9. The zero-order valence-corrected chi connectivity index (χ0v) is 6.72. The van der Waals surface area contributed by atoms with Crippen LogP contribution < -0.4 is 0 Å². The van der Waals surface area contributed by atoms with Crippen LogP contribution in [-0.2, 0) is 4.79 Å². The molecular weight excluding hydrogens is 128 g/mol. The largest absolute Gasteiger partial charge is 0.481 e. The lowest BCUT2D eigenvalue weighted by molar-refractivity contribution is -0.141. The van der Waals surface area contributed by atoms with Gasteiger partial charge in [-0.15, -0.1) is 0 Å². The zero-order chi connectivity index (χ0) is 8.15. The van der Waals surface area contributed by atoms with E-state index in [0.717, 1.165) is 5.57 Å². The van der Waals surface area contributed by atoms with Crippen molar-refractivity contribution in [2.45, 2.75) is 27.2 Å². The fraction of sp³-hybridized carbons (Fsp3) is 0.625. The minimum absolute atomic E-state index is 0.254. The number of aliphatic carboxylic acids is 1. The molecule has 0 fully saturated rings. The lowest BCUT2D eigenvalue weighted by Gasteiger charge is -2.04. The van der Waals surface area contributed by atoms with Gasteiger partial charge in [-0.2, -0.15) is 0 Å². The molecule has 58 valence electrons. The van der Waals surface area contributed by atoms with Gasteiger partial charge < -0.3 is 5.11 Å². The van der Waals surface area contributed by atoms with Crippen LogP contribution in [0.25, 0.3) is 0 Å². The molecule has 0 heterocycles. The average molecular weight is 142 g/mol. The van der Waals surface area contributed by atoms with E-state index >= 15 is 0 Å². The van der Waals surface area contributed by atoms with E-state index in [1.54, 1.807) is 6.92 Å². The second-order valence-electron chi connectivity index (χ2n) is 2.58. The summed E-state index contributed by atoms with van der Waals surface area (Å²) in [6.45, 7) is 5.58. The Labute approximate surface area is 61.6 Å². The minimum atomic E-state index is -0.721. The summed E-state index contributed by atoms with van der Waals surface area (Å²) in [5.41, 5.74) is 1.13. The van der Waals surface area contributed by atoms with Crippen molar-refractivity contribution in [3.63, 3.8) is 0 Å². The van der Waals surface area contributed by atoms with Gasteiger partial charge in [0.15, 0.2) is 0 Å². The molecule has 0 amide bonds. The van der Waals surface area contributed by atoms with E-state index in [2.05, 4.69) is 0 Å². The van der Waals surface area contributed by atoms with Crippen molar-refractivity contribution in [1.82, 2.24) is 0 Å². The second-order valence-corrected chi connectivity index (χ2v) is 2.58. The van der Waals surface area contributed by atoms with E-state index in [4.69, 9.17) is 5.11 Å². The standard InChI is InChI=1S/C8H14O2/c1-4-6(2)5-7(3)8(9)10/h4,7H,5H2,1-3H3,(H,9,10)/t7-/m0/s1. The summed E-state index contributed by atoms with van der Waals surface area (Å²) in [6, 6.07) is 0. The van der Waals surface area contributed by atoms with Crippen LogP contribution in [0.5, 0.6) is 0 Å². The molecule has 0 aromatic rings. The molecular formula is C8H14O2. The number of hydrogen-bond acceptors (Lipinski definition) is 1. The number of carbonyl (C=O) groups is 1. The summed E-state index contributed by atoms with van der Waals surface area (Å²) >= 11 is 0. The van der Waals surface area contributed by atoms with Crippen LogP contribution in [-0.4, -0.2) is 11.1 Å². The molecule has 0 saturated heterocycles. The van der Waals surface area contributed by atoms with Crippen molar-refractivity contribution in [1.29, 1.82) is 0 Å². The summed E-state index contributed by atoms with van der Waals surface area (Å²) in [7, 11) is 0. The maximum atomic E-state index is 10.3. The van der Waals surface area contributed by atoms with Gasteiger partial charge in [-0.25, -0.2) is 0 Å². The third-order valence-corrected chi connectivity index (χ3v) is 1.54. The monoisotopic (exact) mass is 142 g/mol. The quantitative estimate of drug-likeness (QED) is 0.612. The molecule has 0 aromatic heterocycles. The molecule has 0 aliphatic carbocycles. The van der Waals surface area contributed by atoms with Gasteiger partial charge >= 0.3 is 5.97 Å². The zero-order valence-electron chi connectivity index (χ0n) is 6.72. The Morgan fingerprint density at radius 3 is 2.50 bits per heavy atom. The Bertz CT molecular complexity index is 147. The Kier molecular flexibility index (Phi) is 3.77. The Morgan fingerprint density at radius 2 is 2.20 bits per heavy atom. The van der Waals surface area contributed by atoms with Gasteiger partial charge in [0, 0.05) is 0 Å². The van der Waals surface area contributed by atoms with Crippen LogP contribution in [0, 0.1) is 5.92 Å². The molecule has 2 nitrogen and oxygen atoms in total. The van der Waals surface area contributed by atoms with E-state index < -0.39 is 5.97 Å². The third-order valence-electron chi connectivity index (χ3n) is 1.54. The molecule has 0 rings (SSSR count). The fourth-order valence-corrected chi connectivity index (χ4v) is 0.688. The first-order valence-electron chi connectivity index (χ1n) is 3.42.